The fraction of sp³-hybridized carbons (Fsp3) is 0.647. The van der Waals surface area contributed by atoms with Crippen molar-refractivity contribution in [1.29, 1.82) is 0 Å². The van der Waals surface area contributed by atoms with Gasteiger partial charge in [-0.15, -0.1) is 0 Å². The SMILES string of the molecule is CCC1CCCCC1Nc1ccc2c(c1)OCCCO2. The second-order valence-electron chi connectivity index (χ2n) is 5.92. The van der Waals surface area contributed by atoms with Gasteiger partial charge in [0.1, 0.15) is 0 Å². The highest BCUT2D eigenvalue weighted by Crippen LogP contribution is 2.34. The first-order valence-corrected chi connectivity index (χ1v) is 8.03. The predicted molar refractivity (Wildman–Crippen MR) is 81.7 cm³/mol. The van der Waals surface area contributed by atoms with E-state index in [4.69, 9.17) is 9.47 Å². The van der Waals surface area contributed by atoms with Crippen LogP contribution >= 0.6 is 0 Å². The molecule has 1 saturated carbocycles. The number of fused-ring (bicyclic) bond motifs is 1. The van der Waals surface area contributed by atoms with Crippen molar-refractivity contribution in [2.24, 2.45) is 5.92 Å². The van der Waals surface area contributed by atoms with Crippen LogP contribution in [0.1, 0.15) is 45.4 Å². The van der Waals surface area contributed by atoms with Crippen LogP contribution in [-0.4, -0.2) is 19.3 Å². The summed E-state index contributed by atoms with van der Waals surface area (Å²) in [5, 5.41) is 3.72. The zero-order valence-electron chi connectivity index (χ0n) is 12.4. The molecule has 20 heavy (non-hydrogen) atoms. The van der Waals surface area contributed by atoms with Crippen molar-refractivity contribution in [3.05, 3.63) is 18.2 Å². The van der Waals surface area contributed by atoms with Gasteiger partial charge < -0.3 is 14.8 Å². The molecule has 1 aliphatic carbocycles. The van der Waals surface area contributed by atoms with Gasteiger partial charge in [-0.3, -0.25) is 0 Å². The second kappa shape index (κ2) is 6.38. The van der Waals surface area contributed by atoms with Crippen molar-refractivity contribution in [1.82, 2.24) is 0 Å². The van der Waals surface area contributed by atoms with Crippen molar-refractivity contribution >= 4 is 5.69 Å². The summed E-state index contributed by atoms with van der Waals surface area (Å²) in [6, 6.07) is 6.86. The third kappa shape index (κ3) is 3.02. The third-order valence-electron chi connectivity index (χ3n) is 4.53. The molecule has 3 rings (SSSR count). The van der Waals surface area contributed by atoms with E-state index in [-0.39, 0.29) is 0 Å². The van der Waals surface area contributed by atoms with E-state index in [2.05, 4.69) is 24.4 Å². The minimum atomic E-state index is 0.610. The quantitative estimate of drug-likeness (QED) is 0.895. The molecule has 0 amide bonds. The monoisotopic (exact) mass is 275 g/mol. The Morgan fingerprint density at radius 3 is 2.70 bits per heavy atom. The Kier molecular flexibility index (Phi) is 4.34. The van der Waals surface area contributed by atoms with Crippen LogP contribution in [0.15, 0.2) is 18.2 Å². The minimum Gasteiger partial charge on any atom is -0.490 e. The first-order chi connectivity index (χ1) is 9.86. The topological polar surface area (TPSA) is 30.5 Å². The normalized spacial score (nSPS) is 25.9. The van der Waals surface area contributed by atoms with E-state index >= 15 is 0 Å². The van der Waals surface area contributed by atoms with Crippen LogP contribution < -0.4 is 14.8 Å². The third-order valence-corrected chi connectivity index (χ3v) is 4.53. The van der Waals surface area contributed by atoms with E-state index < -0.39 is 0 Å². The van der Waals surface area contributed by atoms with Crippen molar-refractivity contribution in [3.8, 4) is 11.5 Å². The molecular weight excluding hydrogens is 250 g/mol. The maximum atomic E-state index is 5.77. The molecule has 0 radical (unpaired) electrons. The van der Waals surface area contributed by atoms with Gasteiger partial charge in [-0.1, -0.05) is 26.2 Å². The van der Waals surface area contributed by atoms with Crippen LogP contribution in [0.2, 0.25) is 0 Å². The molecule has 2 unspecified atom stereocenters. The highest BCUT2D eigenvalue weighted by molar-refractivity contribution is 5.55. The standard InChI is InChI=1S/C17H25NO2/c1-2-13-6-3-4-7-15(13)18-14-8-9-16-17(12-14)20-11-5-10-19-16/h8-9,12-13,15,18H,2-7,10-11H2,1H3. The molecule has 0 saturated heterocycles. The molecule has 1 aromatic rings. The fourth-order valence-corrected chi connectivity index (χ4v) is 3.35. The molecular formula is C17H25NO2. The van der Waals surface area contributed by atoms with Gasteiger partial charge in [0.25, 0.3) is 0 Å². The Balaban J connectivity index is 1.72. The van der Waals surface area contributed by atoms with E-state index in [1.165, 1.54) is 37.8 Å². The fourth-order valence-electron chi connectivity index (χ4n) is 3.35. The van der Waals surface area contributed by atoms with Gasteiger partial charge in [0, 0.05) is 24.2 Å². The van der Waals surface area contributed by atoms with Crippen LogP contribution in [0.3, 0.4) is 0 Å². The van der Waals surface area contributed by atoms with Gasteiger partial charge in [0.2, 0.25) is 0 Å². The molecule has 3 nitrogen and oxygen atoms in total. The average molecular weight is 275 g/mol. The predicted octanol–water partition coefficient (Wildman–Crippen LogP) is 4.23. The summed E-state index contributed by atoms with van der Waals surface area (Å²) in [6.45, 7) is 3.80. The molecule has 3 heteroatoms. The van der Waals surface area contributed by atoms with Crippen molar-refractivity contribution in [3.63, 3.8) is 0 Å². The van der Waals surface area contributed by atoms with E-state index in [0.29, 0.717) is 6.04 Å². The van der Waals surface area contributed by atoms with Crippen LogP contribution in [0.25, 0.3) is 0 Å². The minimum absolute atomic E-state index is 0.610. The summed E-state index contributed by atoms with van der Waals surface area (Å²) in [5.41, 5.74) is 1.17. The highest BCUT2D eigenvalue weighted by atomic mass is 16.5. The summed E-state index contributed by atoms with van der Waals surface area (Å²) in [5.74, 6) is 2.57. The Bertz CT molecular complexity index is 447. The Morgan fingerprint density at radius 2 is 1.85 bits per heavy atom. The van der Waals surface area contributed by atoms with E-state index in [1.54, 1.807) is 0 Å². The molecule has 110 valence electrons. The summed E-state index contributed by atoms with van der Waals surface area (Å²) in [7, 11) is 0. The van der Waals surface area contributed by atoms with Crippen LogP contribution in [0.4, 0.5) is 5.69 Å². The van der Waals surface area contributed by atoms with Gasteiger partial charge >= 0.3 is 0 Å². The summed E-state index contributed by atoms with van der Waals surface area (Å²) in [6.07, 6.45) is 7.60. The Hall–Kier alpha value is -1.38. The molecule has 0 spiro atoms. The molecule has 0 aromatic heterocycles. The molecule has 1 heterocycles. The molecule has 1 N–H and O–H groups in total. The van der Waals surface area contributed by atoms with E-state index in [0.717, 1.165) is 37.1 Å². The Labute approximate surface area is 121 Å². The van der Waals surface area contributed by atoms with E-state index in [1.807, 2.05) is 6.07 Å². The van der Waals surface area contributed by atoms with Crippen molar-refractivity contribution in [2.75, 3.05) is 18.5 Å². The molecule has 1 fully saturated rings. The lowest BCUT2D eigenvalue weighted by atomic mass is 9.83. The van der Waals surface area contributed by atoms with Gasteiger partial charge in [0.15, 0.2) is 11.5 Å². The Morgan fingerprint density at radius 1 is 1.05 bits per heavy atom. The van der Waals surface area contributed by atoms with Gasteiger partial charge in [0.05, 0.1) is 13.2 Å². The number of hydrogen-bond acceptors (Lipinski definition) is 3. The van der Waals surface area contributed by atoms with Crippen molar-refractivity contribution in [2.45, 2.75) is 51.5 Å². The lowest BCUT2D eigenvalue weighted by Crippen LogP contribution is -2.31. The zero-order valence-corrected chi connectivity index (χ0v) is 12.4. The van der Waals surface area contributed by atoms with Gasteiger partial charge in [-0.05, 0) is 30.9 Å². The molecule has 2 atom stereocenters. The zero-order chi connectivity index (χ0) is 13.8. The summed E-state index contributed by atoms with van der Waals surface area (Å²) < 4.78 is 11.4. The molecule has 2 aliphatic rings. The first-order valence-electron chi connectivity index (χ1n) is 8.03. The molecule has 1 aromatic carbocycles. The lowest BCUT2D eigenvalue weighted by molar-refractivity contribution is 0.297. The number of ether oxygens (including phenoxy) is 2. The molecule has 1 aliphatic heterocycles. The number of anilines is 1. The number of benzene rings is 1. The maximum absolute atomic E-state index is 5.77. The number of rotatable bonds is 3. The first kappa shape index (κ1) is 13.6. The smallest absolute Gasteiger partial charge is 0.163 e. The average Bonchev–Trinajstić information content (AvgIpc) is 2.72. The highest BCUT2D eigenvalue weighted by Gasteiger charge is 2.23. The molecule has 0 bridgehead atoms. The van der Waals surface area contributed by atoms with Crippen LogP contribution in [0.5, 0.6) is 11.5 Å². The number of hydrogen-bond donors (Lipinski definition) is 1. The number of nitrogens with one attached hydrogen (secondary N) is 1. The van der Waals surface area contributed by atoms with Gasteiger partial charge in [-0.2, -0.15) is 0 Å². The van der Waals surface area contributed by atoms with Gasteiger partial charge in [-0.25, -0.2) is 0 Å². The maximum Gasteiger partial charge on any atom is 0.163 e. The summed E-state index contributed by atoms with van der Waals surface area (Å²) >= 11 is 0. The van der Waals surface area contributed by atoms with Crippen LogP contribution in [0, 0.1) is 5.92 Å². The van der Waals surface area contributed by atoms with Crippen LogP contribution in [-0.2, 0) is 0 Å². The second-order valence-corrected chi connectivity index (χ2v) is 5.92. The summed E-state index contributed by atoms with van der Waals surface area (Å²) in [4.78, 5) is 0. The van der Waals surface area contributed by atoms with E-state index in [9.17, 15) is 0 Å². The van der Waals surface area contributed by atoms with Crippen molar-refractivity contribution < 1.29 is 9.47 Å². The lowest BCUT2D eigenvalue weighted by Gasteiger charge is -2.32. The largest absolute Gasteiger partial charge is 0.490 e.